The summed E-state index contributed by atoms with van der Waals surface area (Å²) in [5.41, 5.74) is 12.8. The number of carbonyl (C=O) groups is 1. The van der Waals surface area contributed by atoms with E-state index in [2.05, 4.69) is 52.2 Å². The molecule has 2 aromatic heterocycles. The summed E-state index contributed by atoms with van der Waals surface area (Å²) in [7, 11) is 1.80. The summed E-state index contributed by atoms with van der Waals surface area (Å²) in [6.07, 6.45) is 8.64. The van der Waals surface area contributed by atoms with Crippen LogP contribution in [0.2, 0.25) is 0 Å². The molecular formula is C23H28N6O. The summed E-state index contributed by atoms with van der Waals surface area (Å²) in [4.78, 5) is 23.7. The van der Waals surface area contributed by atoms with Gasteiger partial charge < -0.3 is 20.5 Å². The van der Waals surface area contributed by atoms with E-state index in [1.165, 1.54) is 11.1 Å². The first kappa shape index (κ1) is 20.1. The number of carbonyl (C=O) groups excluding carboxylic acids is 1. The summed E-state index contributed by atoms with van der Waals surface area (Å²) in [6.45, 7) is 5.88. The zero-order valence-corrected chi connectivity index (χ0v) is 17.7. The molecular weight excluding hydrogens is 376 g/mol. The first-order chi connectivity index (χ1) is 14.4. The van der Waals surface area contributed by atoms with Crippen LogP contribution in [-0.2, 0) is 7.05 Å². The number of hydrogen-bond acceptors (Lipinski definition) is 5. The van der Waals surface area contributed by atoms with E-state index in [9.17, 15) is 4.79 Å². The lowest BCUT2D eigenvalue weighted by Gasteiger charge is -2.34. The molecule has 3 heterocycles. The van der Waals surface area contributed by atoms with E-state index in [0.717, 1.165) is 42.7 Å². The van der Waals surface area contributed by atoms with Crippen molar-refractivity contribution in [3.63, 3.8) is 0 Å². The number of pyridine rings is 1. The molecule has 30 heavy (non-hydrogen) atoms. The maximum Gasteiger partial charge on any atom is 0.274 e. The molecule has 7 heteroatoms. The minimum atomic E-state index is -0.204. The Morgan fingerprint density at radius 3 is 2.40 bits per heavy atom. The molecule has 1 aliphatic heterocycles. The van der Waals surface area contributed by atoms with E-state index in [-0.39, 0.29) is 11.9 Å². The van der Waals surface area contributed by atoms with Gasteiger partial charge in [-0.3, -0.25) is 9.78 Å². The first-order valence-corrected chi connectivity index (χ1v) is 10.3. The highest BCUT2D eigenvalue weighted by atomic mass is 16.2. The Labute approximate surface area is 176 Å². The SMILES string of the molecule is Cc1cc(C)cc(-c2cncc(NC(=O)c3cncn3C)c2N2CCC(N)CC2)c1. The number of nitrogens with zero attached hydrogens (tertiary/aromatic N) is 4. The van der Waals surface area contributed by atoms with Crippen molar-refractivity contribution in [2.24, 2.45) is 12.8 Å². The fraction of sp³-hybridized carbons (Fsp3) is 0.348. The number of piperidine rings is 1. The van der Waals surface area contributed by atoms with Crippen molar-refractivity contribution in [3.05, 3.63) is 59.9 Å². The van der Waals surface area contributed by atoms with Crippen LogP contribution in [0.25, 0.3) is 11.1 Å². The second-order valence-corrected chi connectivity index (χ2v) is 8.13. The van der Waals surface area contributed by atoms with E-state index in [1.807, 2.05) is 6.20 Å². The van der Waals surface area contributed by atoms with Gasteiger partial charge in [-0.05, 0) is 32.3 Å². The van der Waals surface area contributed by atoms with Crippen molar-refractivity contribution in [1.29, 1.82) is 0 Å². The van der Waals surface area contributed by atoms with Gasteiger partial charge in [-0.15, -0.1) is 0 Å². The van der Waals surface area contributed by atoms with E-state index >= 15 is 0 Å². The molecule has 1 saturated heterocycles. The van der Waals surface area contributed by atoms with Crippen molar-refractivity contribution in [3.8, 4) is 11.1 Å². The minimum absolute atomic E-state index is 0.204. The number of imidazole rings is 1. The van der Waals surface area contributed by atoms with Gasteiger partial charge in [0.2, 0.25) is 0 Å². The highest BCUT2D eigenvalue weighted by Gasteiger charge is 2.24. The van der Waals surface area contributed by atoms with Crippen molar-refractivity contribution in [1.82, 2.24) is 14.5 Å². The van der Waals surface area contributed by atoms with E-state index in [4.69, 9.17) is 5.73 Å². The molecule has 1 aromatic carbocycles. The third-order valence-corrected chi connectivity index (χ3v) is 5.60. The van der Waals surface area contributed by atoms with Gasteiger partial charge in [0.25, 0.3) is 5.91 Å². The lowest BCUT2D eigenvalue weighted by atomic mass is 9.98. The van der Waals surface area contributed by atoms with Crippen molar-refractivity contribution >= 4 is 17.3 Å². The lowest BCUT2D eigenvalue weighted by Crippen LogP contribution is -2.40. The summed E-state index contributed by atoms with van der Waals surface area (Å²) in [6, 6.07) is 6.70. The van der Waals surface area contributed by atoms with Crippen molar-refractivity contribution in [2.45, 2.75) is 32.7 Å². The molecule has 0 spiro atoms. The highest BCUT2D eigenvalue weighted by molar-refractivity contribution is 6.06. The Hall–Kier alpha value is -3.19. The molecule has 0 unspecified atom stereocenters. The third-order valence-electron chi connectivity index (χ3n) is 5.60. The Bertz CT molecular complexity index is 1050. The summed E-state index contributed by atoms with van der Waals surface area (Å²) in [5.74, 6) is -0.204. The number of hydrogen-bond donors (Lipinski definition) is 2. The summed E-state index contributed by atoms with van der Waals surface area (Å²) < 4.78 is 1.70. The Balaban J connectivity index is 1.79. The van der Waals surface area contributed by atoms with Crippen LogP contribution >= 0.6 is 0 Å². The number of amides is 1. The van der Waals surface area contributed by atoms with Gasteiger partial charge in [-0.1, -0.05) is 29.3 Å². The molecule has 0 saturated carbocycles. The standard InChI is InChI=1S/C23H28N6O/c1-15-8-16(2)10-17(9-15)19-11-25-12-20(22(19)29-6-4-18(24)5-7-29)27-23(30)21-13-26-14-28(21)3/h8-14,18H,4-7,24H2,1-3H3,(H,27,30). The molecule has 7 nitrogen and oxygen atoms in total. The average molecular weight is 405 g/mol. The summed E-state index contributed by atoms with van der Waals surface area (Å²) >= 11 is 0. The van der Waals surface area contributed by atoms with Gasteiger partial charge >= 0.3 is 0 Å². The Morgan fingerprint density at radius 2 is 1.77 bits per heavy atom. The monoisotopic (exact) mass is 404 g/mol. The number of nitrogens with two attached hydrogens (primary N) is 1. The quantitative estimate of drug-likeness (QED) is 0.697. The summed E-state index contributed by atoms with van der Waals surface area (Å²) in [5, 5.41) is 3.07. The maximum atomic E-state index is 12.9. The van der Waals surface area contributed by atoms with Crippen LogP contribution in [0, 0.1) is 13.8 Å². The van der Waals surface area contributed by atoms with Gasteiger partial charge in [0.15, 0.2) is 0 Å². The van der Waals surface area contributed by atoms with Gasteiger partial charge in [0.05, 0.1) is 30.1 Å². The van der Waals surface area contributed by atoms with Crippen LogP contribution in [0.1, 0.15) is 34.5 Å². The first-order valence-electron chi connectivity index (χ1n) is 10.3. The molecule has 3 N–H and O–H groups in total. The van der Waals surface area contributed by atoms with Crippen molar-refractivity contribution < 1.29 is 4.79 Å². The molecule has 156 valence electrons. The van der Waals surface area contributed by atoms with Crippen LogP contribution < -0.4 is 16.0 Å². The average Bonchev–Trinajstić information content (AvgIpc) is 3.14. The number of rotatable bonds is 4. The number of aryl methyl sites for hydroxylation is 3. The number of benzene rings is 1. The van der Waals surface area contributed by atoms with Gasteiger partial charge in [0.1, 0.15) is 5.69 Å². The van der Waals surface area contributed by atoms with Gasteiger partial charge in [-0.25, -0.2) is 4.98 Å². The van der Waals surface area contributed by atoms with Crippen LogP contribution in [0.5, 0.6) is 0 Å². The molecule has 1 aliphatic rings. The topological polar surface area (TPSA) is 89.1 Å². The minimum Gasteiger partial charge on any atom is -0.369 e. The third kappa shape index (κ3) is 4.07. The molecule has 0 aliphatic carbocycles. The zero-order valence-electron chi connectivity index (χ0n) is 17.7. The maximum absolute atomic E-state index is 12.9. The molecule has 1 fully saturated rings. The van der Waals surface area contributed by atoms with Crippen LogP contribution in [0.4, 0.5) is 11.4 Å². The van der Waals surface area contributed by atoms with Gasteiger partial charge in [-0.2, -0.15) is 0 Å². The van der Waals surface area contributed by atoms with Crippen LogP contribution in [-0.4, -0.2) is 39.6 Å². The Morgan fingerprint density at radius 1 is 1.07 bits per heavy atom. The fourth-order valence-corrected chi connectivity index (χ4v) is 4.11. The largest absolute Gasteiger partial charge is 0.369 e. The van der Waals surface area contributed by atoms with Crippen LogP contribution in [0.3, 0.4) is 0 Å². The van der Waals surface area contributed by atoms with E-state index in [1.54, 1.807) is 30.3 Å². The fourth-order valence-electron chi connectivity index (χ4n) is 4.11. The molecule has 0 bridgehead atoms. The molecule has 0 atom stereocenters. The Kier molecular flexibility index (Phi) is 5.55. The highest BCUT2D eigenvalue weighted by Crippen LogP contribution is 2.38. The smallest absolute Gasteiger partial charge is 0.274 e. The van der Waals surface area contributed by atoms with E-state index < -0.39 is 0 Å². The lowest BCUT2D eigenvalue weighted by molar-refractivity contribution is 0.101. The second-order valence-electron chi connectivity index (χ2n) is 8.13. The predicted molar refractivity (Wildman–Crippen MR) is 120 cm³/mol. The number of anilines is 2. The van der Waals surface area contributed by atoms with Crippen molar-refractivity contribution in [2.75, 3.05) is 23.3 Å². The number of nitrogens with one attached hydrogen (secondary N) is 1. The molecule has 0 radical (unpaired) electrons. The molecule has 3 aromatic rings. The van der Waals surface area contributed by atoms with Gasteiger partial charge in [0, 0.05) is 37.9 Å². The van der Waals surface area contributed by atoms with E-state index in [0.29, 0.717) is 11.4 Å². The molecule has 4 rings (SSSR count). The molecule has 1 amide bonds. The second kappa shape index (κ2) is 8.28. The zero-order chi connectivity index (χ0) is 21.3. The normalized spacial score (nSPS) is 14.7. The van der Waals surface area contributed by atoms with Crippen LogP contribution in [0.15, 0.2) is 43.1 Å². The predicted octanol–water partition coefficient (Wildman–Crippen LogP) is 3.28. The number of aromatic nitrogens is 3.